The van der Waals surface area contributed by atoms with Crippen molar-refractivity contribution in [2.75, 3.05) is 19.6 Å². The molecule has 0 aromatic rings. The molecule has 2 aliphatic heterocycles. The van der Waals surface area contributed by atoms with Gasteiger partial charge in [0.2, 0.25) is 5.91 Å². The van der Waals surface area contributed by atoms with Crippen molar-refractivity contribution in [2.45, 2.75) is 44.7 Å². The van der Waals surface area contributed by atoms with E-state index in [4.69, 9.17) is 5.11 Å². The molecule has 2 saturated heterocycles. The Kier molecular flexibility index (Phi) is 4.46. The Morgan fingerprint density at radius 2 is 2.05 bits per heavy atom. The number of nitrogens with one attached hydrogen (secondary N) is 1. The topological polar surface area (TPSA) is 90.0 Å². The highest BCUT2D eigenvalue weighted by molar-refractivity contribution is 5.91. The van der Waals surface area contributed by atoms with E-state index in [2.05, 4.69) is 5.32 Å². The predicted octanol–water partition coefficient (Wildman–Crippen LogP) is 0.256. The Bertz CT molecular complexity index is 412. The summed E-state index contributed by atoms with van der Waals surface area (Å²) in [7, 11) is 0. The smallest absolute Gasteiger partial charge is 0.321 e. The molecule has 0 saturated carbocycles. The maximum absolute atomic E-state index is 12.6. The van der Waals surface area contributed by atoms with Gasteiger partial charge in [0.25, 0.3) is 0 Å². The lowest BCUT2D eigenvalue weighted by Crippen LogP contribution is -2.61. The first kappa shape index (κ1) is 14.6. The van der Waals surface area contributed by atoms with Gasteiger partial charge in [0.05, 0.1) is 6.42 Å². The first-order valence-electron chi connectivity index (χ1n) is 7.07. The van der Waals surface area contributed by atoms with Crippen LogP contribution in [-0.4, -0.2) is 64.5 Å². The number of piperazine rings is 1. The monoisotopic (exact) mass is 283 g/mol. The SMILES string of the molecule is CC1CCCCN1C(=O)N1CCNC(=O)C1CC(=O)O. The molecular weight excluding hydrogens is 262 g/mol. The Morgan fingerprint density at radius 1 is 1.30 bits per heavy atom. The van der Waals surface area contributed by atoms with Crippen LogP contribution in [0, 0.1) is 0 Å². The molecule has 2 unspecified atom stereocenters. The van der Waals surface area contributed by atoms with Crippen molar-refractivity contribution < 1.29 is 19.5 Å². The fraction of sp³-hybridized carbons (Fsp3) is 0.769. The van der Waals surface area contributed by atoms with Crippen molar-refractivity contribution in [3.63, 3.8) is 0 Å². The van der Waals surface area contributed by atoms with Crippen LogP contribution in [0.15, 0.2) is 0 Å². The Hall–Kier alpha value is -1.79. The average Bonchev–Trinajstić information content (AvgIpc) is 2.40. The zero-order valence-corrected chi connectivity index (χ0v) is 11.7. The van der Waals surface area contributed by atoms with Crippen molar-refractivity contribution in [2.24, 2.45) is 0 Å². The third-order valence-electron chi connectivity index (χ3n) is 3.99. The van der Waals surface area contributed by atoms with Crippen molar-refractivity contribution >= 4 is 17.9 Å². The van der Waals surface area contributed by atoms with Gasteiger partial charge in [0.15, 0.2) is 0 Å². The second kappa shape index (κ2) is 6.11. The zero-order valence-electron chi connectivity index (χ0n) is 11.7. The number of hydrogen-bond donors (Lipinski definition) is 2. The van der Waals surface area contributed by atoms with Crippen LogP contribution in [0.25, 0.3) is 0 Å². The molecule has 2 heterocycles. The quantitative estimate of drug-likeness (QED) is 0.760. The molecule has 0 aromatic carbocycles. The molecule has 2 aliphatic rings. The van der Waals surface area contributed by atoms with Crippen LogP contribution in [0.4, 0.5) is 4.79 Å². The number of rotatable bonds is 2. The minimum absolute atomic E-state index is 0.145. The molecule has 7 heteroatoms. The zero-order chi connectivity index (χ0) is 14.7. The Balaban J connectivity index is 2.12. The first-order valence-corrected chi connectivity index (χ1v) is 7.07. The third kappa shape index (κ3) is 3.02. The lowest BCUT2D eigenvalue weighted by Gasteiger charge is -2.41. The minimum Gasteiger partial charge on any atom is -0.481 e. The highest BCUT2D eigenvalue weighted by Gasteiger charge is 2.38. The normalized spacial score (nSPS) is 27.1. The van der Waals surface area contributed by atoms with E-state index in [1.54, 1.807) is 4.90 Å². The van der Waals surface area contributed by atoms with Crippen LogP contribution in [0.5, 0.6) is 0 Å². The summed E-state index contributed by atoms with van der Waals surface area (Å²) in [6, 6.07) is -0.965. The molecule has 2 rings (SSSR count). The summed E-state index contributed by atoms with van der Waals surface area (Å²) in [5, 5.41) is 11.5. The summed E-state index contributed by atoms with van der Waals surface area (Å²) in [6.45, 7) is 3.42. The van der Waals surface area contributed by atoms with Gasteiger partial charge >= 0.3 is 12.0 Å². The molecule has 7 nitrogen and oxygen atoms in total. The summed E-state index contributed by atoms with van der Waals surface area (Å²) in [5.41, 5.74) is 0. The number of carboxylic acid groups (broad SMARTS) is 1. The van der Waals surface area contributed by atoms with Gasteiger partial charge in [0, 0.05) is 25.7 Å². The van der Waals surface area contributed by atoms with Crippen LogP contribution in [0.2, 0.25) is 0 Å². The molecule has 0 spiro atoms. The molecule has 0 aliphatic carbocycles. The van der Waals surface area contributed by atoms with E-state index >= 15 is 0 Å². The van der Waals surface area contributed by atoms with E-state index in [0.717, 1.165) is 19.3 Å². The summed E-state index contributed by atoms with van der Waals surface area (Å²) in [6.07, 6.45) is 2.67. The van der Waals surface area contributed by atoms with Crippen molar-refractivity contribution in [3.05, 3.63) is 0 Å². The molecule has 0 aromatic heterocycles. The van der Waals surface area contributed by atoms with Gasteiger partial charge < -0.3 is 20.2 Å². The highest BCUT2D eigenvalue weighted by Crippen LogP contribution is 2.20. The third-order valence-corrected chi connectivity index (χ3v) is 3.99. The minimum atomic E-state index is -1.07. The van der Waals surface area contributed by atoms with Gasteiger partial charge in [-0.05, 0) is 26.2 Å². The van der Waals surface area contributed by atoms with Crippen LogP contribution in [-0.2, 0) is 9.59 Å². The Labute approximate surface area is 117 Å². The summed E-state index contributed by atoms with van der Waals surface area (Å²) in [4.78, 5) is 38.5. The number of nitrogens with zero attached hydrogens (tertiary/aromatic N) is 2. The standard InChI is InChI=1S/C13H21N3O4/c1-9-4-2-3-6-15(9)13(20)16-7-5-14-12(19)10(16)8-11(17)18/h9-10H,2-8H2,1H3,(H,14,19)(H,17,18). The lowest BCUT2D eigenvalue weighted by molar-refractivity contribution is -0.142. The average molecular weight is 283 g/mol. The molecule has 112 valence electrons. The molecule has 2 fully saturated rings. The van der Waals surface area contributed by atoms with Crippen molar-refractivity contribution in [1.29, 1.82) is 0 Å². The fourth-order valence-corrected chi connectivity index (χ4v) is 2.86. The summed E-state index contributed by atoms with van der Waals surface area (Å²) >= 11 is 0. The van der Waals surface area contributed by atoms with Gasteiger partial charge in [-0.3, -0.25) is 9.59 Å². The van der Waals surface area contributed by atoms with E-state index in [1.807, 2.05) is 6.92 Å². The van der Waals surface area contributed by atoms with E-state index in [9.17, 15) is 14.4 Å². The van der Waals surface area contributed by atoms with Crippen molar-refractivity contribution in [1.82, 2.24) is 15.1 Å². The number of piperidine rings is 1. The number of likely N-dealkylation sites (tertiary alicyclic amines) is 1. The maximum Gasteiger partial charge on any atom is 0.321 e. The van der Waals surface area contributed by atoms with E-state index in [0.29, 0.717) is 19.6 Å². The van der Waals surface area contributed by atoms with E-state index in [1.165, 1.54) is 4.90 Å². The number of hydrogen-bond acceptors (Lipinski definition) is 3. The fourth-order valence-electron chi connectivity index (χ4n) is 2.86. The molecular formula is C13H21N3O4. The van der Waals surface area contributed by atoms with Gasteiger partial charge in [-0.25, -0.2) is 4.79 Å². The molecule has 0 bridgehead atoms. The highest BCUT2D eigenvalue weighted by atomic mass is 16.4. The maximum atomic E-state index is 12.6. The molecule has 3 amide bonds. The second-order valence-electron chi connectivity index (χ2n) is 5.42. The lowest BCUT2D eigenvalue weighted by atomic mass is 10.0. The number of carbonyl (C=O) groups excluding carboxylic acids is 2. The van der Waals surface area contributed by atoms with E-state index in [-0.39, 0.29) is 24.4 Å². The number of carboxylic acids is 1. The van der Waals surface area contributed by atoms with Crippen LogP contribution in [0.3, 0.4) is 0 Å². The summed E-state index contributed by atoms with van der Waals surface area (Å²) in [5.74, 6) is -1.45. The van der Waals surface area contributed by atoms with Crippen LogP contribution < -0.4 is 5.32 Å². The Morgan fingerprint density at radius 3 is 2.70 bits per heavy atom. The largest absolute Gasteiger partial charge is 0.481 e. The van der Waals surface area contributed by atoms with Gasteiger partial charge in [-0.15, -0.1) is 0 Å². The van der Waals surface area contributed by atoms with Gasteiger partial charge in [0.1, 0.15) is 6.04 Å². The first-order chi connectivity index (χ1) is 9.50. The van der Waals surface area contributed by atoms with Crippen LogP contribution >= 0.6 is 0 Å². The second-order valence-corrected chi connectivity index (χ2v) is 5.42. The molecule has 2 N–H and O–H groups in total. The predicted molar refractivity (Wildman–Crippen MR) is 71.2 cm³/mol. The molecule has 2 atom stereocenters. The molecule has 20 heavy (non-hydrogen) atoms. The van der Waals surface area contributed by atoms with Crippen molar-refractivity contribution in [3.8, 4) is 0 Å². The van der Waals surface area contributed by atoms with E-state index < -0.39 is 12.0 Å². The van der Waals surface area contributed by atoms with Gasteiger partial charge in [-0.1, -0.05) is 0 Å². The number of amides is 3. The molecule has 0 radical (unpaired) electrons. The number of carbonyl (C=O) groups is 3. The summed E-state index contributed by atoms with van der Waals surface area (Å²) < 4.78 is 0. The number of aliphatic carboxylic acids is 1. The number of urea groups is 1. The van der Waals surface area contributed by atoms with Crippen LogP contribution in [0.1, 0.15) is 32.6 Å². The van der Waals surface area contributed by atoms with Gasteiger partial charge in [-0.2, -0.15) is 0 Å².